The summed E-state index contributed by atoms with van der Waals surface area (Å²) in [5, 5.41) is 3.38. The van der Waals surface area contributed by atoms with Crippen LogP contribution in [0, 0.1) is 5.82 Å². The van der Waals surface area contributed by atoms with Gasteiger partial charge in [-0.05, 0) is 43.5 Å². The van der Waals surface area contributed by atoms with E-state index in [1.54, 1.807) is 0 Å². The Morgan fingerprint density at radius 1 is 1.13 bits per heavy atom. The second kappa shape index (κ2) is 6.57. The molecule has 2 heteroatoms. The first-order chi connectivity index (χ1) is 7.18. The SMILES string of the molecule is CC(C)NCCCCc1ccc(F)cc1. The third-order valence-corrected chi connectivity index (χ3v) is 2.36. The van der Waals surface area contributed by atoms with Crippen LogP contribution in [0.2, 0.25) is 0 Å². The lowest BCUT2D eigenvalue weighted by atomic mass is 10.1. The molecule has 84 valence electrons. The van der Waals surface area contributed by atoms with Crippen molar-refractivity contribution in [1.29, 1.82) is 0 Å². The number of halogens is 1. The van der Waals surface area contributed by atoms with Crippen LogP contribution in [0.4, 0.5) is 4.39 Å². The van der Waals surface area contributed by atoms with Crippen LogP contribution in [0.15, 0.2) is 24.3 Å². The van der Waals surface area contributed by atoms with Gasteiger partial charge in [-0.15, -0.1) is 0 Å². The summed E-state index contributed by atoms with van der Waals surface area (Å²) in [5.74, 6) is -0.153. The van der Waals surface area contributed by atoms with E-state index in [-0.39, 0.29) is 5.82 Å². The molecule has 1 aromatic rings. The number of nitrogens with one attached hydrogen (secondary N) is 1. The van der Waals surface area contributed by atoms with Crippen LogP contribution in [-0.4, -0.2) is 12.6 Å². The molecule has 1 nitrogen and oxygen atoms in total. The second-order valence-electron chi connectivity index (χ2n) is 4.19. The van der Waals surface area contributed by atoms with Gasteiger partial charge in [0.15, 0.2) is 0 Å². The molecule has 0 aliphatic rings. The van der Waals surface area contributed by atoms with Crippen LogP contribution in [0.1, 0.15) is 32.3 Å². The maximum Gasteiger partial charge on any atom is 0.123 e. The molecule has 0 aliphatic heterocycles. The number of hydrogen-bond donors (Lipinski definition) is 1. The lowest BCUT2D eigenvalue weighted by molar-refractivity contribution is 0.557. The molecule has 0 radical (unpaired) electrons. The van der Waals surface area contributed by atoms with Gasteiger partial charge in [0.1, 0.15) is 5.82 Å². The molecule has 1 N–H and O–H groups in total. The van der Waals surface area contributed by atoms with Gasteiger partial charge in [-0.25, -0.2) is 4.39 Å². The third-order valence-electron chi connectivity index (χ3n) is 2.36. The Bertz CT molecular complexity index is 266. The molecule has 0 atom stereocenters. The highest BCUT2D eigenvalue weighted by molar-refractivity contribution is 5.15. The smallest absolute Gasteiger partial charge is 0.123 e. The molecule has 15 heavy (non-hydrogen) atoms. The van der Waals surface area contributed by atoms with E-state index in [4.69, 9.17) is 0 Å². The van der Waals surface area contributed by atoms with Crippen LogP contribution in [0.3, 0.4) is 0 Å². The average molecular weight is 209 g/mol. The van der Waals surface area contributed by atoms with E-state index in [2.05, 4.69) is 19.2 Å². The Labute approximate surface area is 91.7 Å². The normalized spacial score (nSPS) is 10.9. The van der Waals surface area contributed by atoms with E-state index in [0.717, 1.165) is 19.4 Å². The van der Waals surface area contributed by atoms with Crippen LogP contribution in [-0.2, 0) is 6.42 Å². The van der Waals surface area contributed by atoms with Crippen molar-refractivity contribution in [1.82, 2.24) is 5.32 Å². The van der Waals surface area contributed by atoms with Crippen molar-refractivity contribution in [2.24, 2.45) is 0 Å². The van der Waals surface area contributed by atoms with Gasteiger partial charge < -0.3 is 5.32 Å². The standard InChI is InChI=1S/C13H20FN/c1-11(2)15-10-4-3-5-12-6-8-13(14)9-7-12/h6-9,11,15H,3-5,10H2,1-2H3. The fourth-order valence-electron chi connectivity index (χ4n) is 1.50. The Morgan fingerprint density at radius 2 is 1.80 bits per heavy atom. The quantitative estimate of drug-likeness (QED) is 0.710. The predicted molar refractivity (Wildman–Crippen MR) is 62.5 cm³/mol. The van der Waals surface area contributed by atoms with Crippen LogP contribution in [0.25, 0.3) is 0 Å². The first-order valence-corrected chi connectivity index (χ1v) is 5.66. The Hall–Kier alpha value is -0.890. The van der Waals surface area contributed by atoms with Crippen molar-refractivity contribution < 1.29 is 4.39 Å². The predicted octanol–water partition coefficient (Wildman–Crippen LogP) is 3.15. The monoisotopic (exact) mass is 209 g/mol. The zero-order valence-electron chi connectivity index (χ0n) is 9.59. The van der Waals surface area contributed by atoms with Gasteiger partial charge in [-0.1, -0.05) is 26.0 Å². The Balaban J connectivity index is 2.12. The summed E-state index contributed by atoms with van der Waals surface area (Å²) in [4.78, 5) is 0. The van der Waals surface area contributed by atoms with Crippen LogP contribution in [0.5, 0.6) is 0 Å². The lowest BCUT2D eigenvalue weighted by Gasteiger charge is -2.07. The largest absolute Gasteiger partial charge is 0.315 e. The molecule has 0 amide bonds. The highest BCUT2D eigenvalue weighted by atomic mass is 19.1. The highest BCUT2D eigenvalue weighted by Crippen LogP contribution is 2.06. The Morgan fingerprint density at radius 3 is 2.40 bits per heavy atom. The molecule has 0 saturated carbocycles. The molecule has 0 spiro atoms. The van der Waals surface area contributed by atoms with Crippen molar-refractivity contribution in [2.45, 2.75) is 39.2 Å². The summed E-state index contributed by atoms with van der Waals surface area (Å²) in [5.41, 5.74) is 1.22. The number of rotatable bonds is 6. The maximum absolute atomic E-state index is 12.6. The molecular formula is C13H20FN. The summed E-state index contributed by atoms with van der Waals surface area (Å²) < 4.78 is 12.6. The van der Waals surface area contributed by atoms with Gasteiger partial charge in [-0.2, -0.15) is 0 Å². The zero-order chi connectivity index (χ0) is 11.1. The van der Waals surface area contributed by atoms with Crippen molar-refractivity contribution in [3.05, 3.63) is 35.6 Å². The maximum atomic E-state index is 12.6. The number of benzene rings is 1. The molecule has 1 rings (SSSR count). The summed E-state index contributed by atoms with van der Waals surface area (Å²) in [6.45, 7) is 5.37. The van der Waals surface area contributed by atoms with Crippen LogP contribution >= 0.6 is 0 Å². The van der Waals surface area contributed by atoms with Crippen molar-refractivity contribution in [2.75, 3.05) is 6.54 Å². The molecule has 0 aliphatic carbocycles. The molecule has 0 aromatic heterocycles. The van der Waals surface area contributed by atoms with E-state index < -0.39 is 0 Å². The molecule has 0 heterocycles. The third kappa shape index (κ3) is 5.53. The molecule has 0 saturated heterocycles. The molecule has 1 aromatic carbocycles. The minimum absolute atomic E-state index is 0.153. The molecular weight excluding hydrogens is 189 g/mol. The molecule has 0 unspecified atom stereocenters. The van der Waals surface area contributed by atoms with E-state index in [0.29, 0.717) is 6.04 Å². The van der Waals surface area contributed by atoms with Gasteiger partial charge in [0.05, 0.1) is 0 Å². The van der Waals surface area contributed by atoms with Gasteiger partial charge in [0.25, 0.3) is 0 Å². The first-order valence-electron chi connectivity index (χ1n) is 5.66. The van der Waals surface area contributed by atoms with Crippen molar-refractivity contribution in [3.8, 4) is 0 Å². The fraction of sp³-hybridized carbons (Fsp3) is 0.538. The average Bonchev–Trinajstić information content (AvgIpc) is 2.20. The number of aryl methyl sites for hydroxylation is 1. The topological polar surface area (TPSA) is 12.0 Å². The van der Waals surface area contributed by atoms with E-state index in [1.807, 2.05) is 12.1 Å². The van der Waals surface area contributed by atoms with Gasteiger partial charge in [0.2, 0.25) is 0 Å². The number of unbranched alkanes of at least 4 members (excludes halogenated alkanes) is 1. The van der Waals surface area contributed by atoms with E-state index >= 15 is 0 Å². The van der Waals surface area contributed by atoms with Crippen LogP contribution < -0.4 is 5.32 Å². The van der Waals surface area contributed by atoms with Gasteiger partial charge in [0, 0.05) is 6.04 Å². The Kier molecular flexibility index (Phi) is 5.33. The summed E-state index contributed by atoms with van der Waals surface area (Å²) in [7, 11) is 0. The lowest BCUT2D eigenvalue weighted by Crippen LogP contribution is -2.23. The van der Waals surface area contributed by atoms with E-state index in [9.17, 15) is 4.39 Å². The summed E-state index contributed by atoms with van der Waals surface area (Å²) >= 11 is 0. The summed E-state index contributed by atoms with van der Waals surface area (Å²) in [6.07, 6.45) is 3.38. The minimum atomic E-state index is -0.153. The van der Waals surface area contributed by atoms with Gasteiger partial charge in [-0.3, -0.25) is 0 Å². The van der Waals surface area contributed by atoms with E-state index in [1.165, 1.54) is 24.1 Å². The molecule has 0 bridgehead atoms. The highest BCUT2D eigenvalue weighted by Gasteiger charge is 1.95. The first kappa shape index (κ1) is 12.2. The second-order valence-corrected chi connectivity index (χ2v) is 4.19. The number of hydrogen-bond acceptors (Lipinski definition) is 1. The molecule has 0 fully saturated rings. The minimum Gasteiger partial charge on any atom is -0.315 e. The van der Waals surface area contributed by atoms with Gasteiger partial charge >= 0.3 is 0 Å². The summed E-state index contributed by atoms with van der Waals surface area (Å²) in [6, 6.07) is 7.36. The zero-order valence-corrected chi connectivity index (χ0v) is 9.59. The van der Waals surface area contributed by atoms with Crippen molar-refractivity contribution in [3.63, 3.8) is 0 Å². The van der Waals surface area contributed by atoms with Crippen molar-refractivity contribution >= 4 is 0 Å². The fourth-order valence-corrected chi connectivity index (χ4v) is 1.50.